The molecule has 1 saturated carbocycles. The summed E-state index contributed by atoms with van der Waals surface area (Å²) in [5.74, 6) is 0.0622. The maximum absolute atomic E-state index is 12.5. The van der Waals surface area contributed by atoms with Gasteiger partial charge in [-0.15, -0.1) is 22.7 Å². The molecule has 1 aliphatic carbocycles. The summed E-state index contributed by atoms with van der Waals surface area (Å²) in [6.45, 7) is 2.01. The molecule has 2 aromatic heterocycles. The molecular formula is C20H18ClN3O2S2. The van der Waals surface area contributed by atoms with Gasteiger partial charge in [-0.3, -0.25) is 9.59 Å². The molecule has 0 radical (unpaired) electrons. The number of thiazole rings is 1. The second-order valence-electron chi connectivity index (χ2n) is 6.67. The van der Waals surface area contributed by atoms with Gasteiger partial charge in [-0.25, -0.2) is 4.98 Å². The summed E-state index contributed by atoms with van der Waals surface area (Å²) in [4.78, 5) is 30.2. The first kappa shape index (κ1) is 19.1. The highest BCUT2D eigenvalue weighted by molar-refractivity contribution is 7.17. The van der Waals surface area contributed by atoms with E-state index >= 15 is 0 Å². The van der Waals surface area contributed by atoms with Crippen LogP contribution in [-0.4, -0.2) is 16.8 Å². The van der Waals surface area contributed by atoms with Crippen LogP contribution in [0.3, 0.4) is 0 Å². The van der Waals surface area contributed by atoms with Crippen LogP contribution in [0.2, 0.25) is 5.02 Å². The number of nitrogens with zero attached hydrogens (tertiary/aromatic N) is 1. The van der Waals surface area contributed by atoms with E-state index in [1.54, 1.807) is 11.3 Å². The normalized spacial score (nSPS) is 17.9. The number of rotatable bonds is 6. The molecule has 0 aliphatic heterocycles. The van der Waals surface area contributed by atoms with Crippen LogP contribution in [0.15, 0.2) is 41.8 Å². The molecule has 5 nitrogen and oxygen atoms in total. The maximum atomic E-state index is 12.5. The number of halogens is 1. The Bertz CT molecular complexity index is 1030. The average Bonchev–Trinajstić information content (AvgIpc) is 3.09. The third-order valence-corrected chi connectivity index (χ3v) is 6.80. The Morgan fingerprint density at radius 3 is 2.86 bits per heavy atom. The summed E-state index contributed by atoms with van der Waals surface area (Å²) < 4.78 is 0. The first-order valence-electron chi connectivity index (χ1n) is 8.85. The van der Waals surface area contributed by atoms with Gasteiger partial charge in [0.25, 0.3) is 0 Å². The molecule has 4 rings (SSSR count). The van der Waals surface area contributed by atoms with Crippen molar-refractivity contribution in [3.05, 3.63) is 57.2 Å². The Hall–Kier alpha value is -2.22. The van der Waals surface area contributed by atoms with Crippen LogP contribution in [0.25, 0.3) is 10.6 Å². The zero-order valence-corrected chi connectivity index (χ0v) is 17.5. The van der Waals surface area contributed by atoms with E-state index in [2.05, 4.69) is 15.6 Å². The van der Waals surface area contributed by atoms with Crippen molar-refractivity contribution in [1.82, 2.24) is 10.3 Å². The number of hydrogen-bond donors (Lipinski definition) is 2. The number of benzene rings is 1. The van der Waals surface area contributed by atoms with Gasteiger partial charge in [0.1, 0.15) is 0 Å². The predicted octanol–water partition coefficient (Wildman–Crippen LogP) is 4.90. The third-order valence-electron chi connectivity index (χ3n) is 4.59. The first-order valence-corrected chi connectivity index (χ1v) is 10.9. The molecule has 1 aliphatic rings. The van der Waals surface area contributed by atoms with Crippen LogP contribution in [0, 0.1) is 5.92 Å². The number of carbonyl (C=O) groups is 2. The van der Waals surface area contributed by atoms with Gasteiger partial charge in [0.05, 0.1) is 17.1 Å². The van der Waals surface area contributed by atoms with E-state index in [1.165, 1.54) is 18.3 Å². The van der Waals surface area contributed by atoms with E-state index in [1.807, 2.05) is 41.8 Å². The molecule has 2 N–H and O–H groups in total. The Morgan fingerprint density at radius 2 is 2.07 bits per heavy atom. The van der Waals surface area contributed by atoms with E-state index < -0.39 is 0 Å². The van der Waals surface area contributed by atoms with Crippen LogP contribution in [0.4, 0.5) is 5.13 Å². The lowest BCUT2D eigenvalue weighted by atomic mass is 10.1. The lowest BCUT2D eigenvalue weighted by molar-refractivity contribution is -0.119. The van der Waals surface area contributed by atoms with Gasteiger partial charge in [-0.2, -0.15) is 0 Å². The Morgan fingerprint density at radius 1 is 1.25 bits per heavy atom. The number of thiophene rings is 1. The number of hydrogen-bond acceptors (Lipinski definition) is 5. The fourth-order valence-electron chi connectivity index (χ4n) is 3.07. The fourth-order valence-corrected chi connectivity index (χ4v) is 5.04. The SMILES string of the molecule is CC(=O)NCc1ccc(-c2csc(NC(=O)C3CC3c3ccccc3Cl)n2)s1. The molecule has 28 heavy (non-hydrogen) atoms. The van der Waals surface area contributed by atoms with Gasteiger partial charge in [0.2, 0.25) is 11.8 Å². The van der Waals surface area contributed by atoms with Crippen molar-refractivity contribution in [3.8, 4) is 10.6 Å². The smallest absolute Gasteiger partial charge is 0.229 e. The number of anilines is 1. The van der Waals surface area contributed by atoms with Crippen molar-refractivity contribution in [2.24, 2.45) is 5.92 Å². The van der Waals surface area contributed by atoms with Crippen molar-refractivity contribution >= 4 is 51.2 Å². The monoisotopic (exact) mass is 431 g/mol. The molecule has 3 aromatic rings. The van der Waals surface area contributed by atoms with Crippen molar-refractivity contribution in [2.75, 3.05) is 5.32 Å². The summed E-state index contributed by atoms with van der Waals surface area (Å²) in [5, 5.41) is 8.97. The van der Waals surface area contributed by atoms with E-state index in [0.717, 1.165) is 27.4 Å². The highest BCUT2D eigenvalue weighted by Crippen LogP contribution is 2.50. The van der Waals surface area contributed by atoms with Gasteiger partial charge >= 0.3 is 0 Å². The average molecular weight is 432 g/mol. The molecule has 1 aromatic carbocycles. The fraction of sp³-hybridized carbons (Fsp3) is 0.250. The van der Waals surface area contributed by atoms with E-state index in [9.17, 15) is 9.59 Å². The van der Waals surface area contributed by atoms with E-state index in [4.69, 9.17) is 11.6 Å². The van der Waals surface area contributed by atoms with Crippen molar-refractivity contribution in [1.29, 1.82) is 0 Å². The zero-order valence-electron chi connectivity index (χ0n) is 15.1. The minimum Gasteiger partial charge on any atom is -0.351 e. The molecule has 2 heterocycles. The molecule has 8 heteroatoms. The first-order chi connectivity index (χ1) is 13.5. The Labute approximate surface area is 175 Å². The van der Waals surface area contributed by atoms with Crippen molar-refractivity contribution < 1.29 is 9.59 Å². The second kappa shape index (κ2) is 8.03. The van der Waals surface area contributed by atoms with Gasteiger partial charge < -0.3 is 10.6 Å². The molecule has 144 valence electrons. The molecule has 0 bridgehead atoms. The molecular weight excluding hydrogens is 414 g/mol. The molecule has 0 spiro atoms. The molecule has 2 unspecified atom stereocenters. The summed E-state index contributed by atoms with van der Waals surface area (Å²) in [5.41, 5.74) is 1.87. The molecule has 1 fully saturated rings. The number of nitrogens with one attached hydrogen (secondary N) is 2. The van der Waals surface area contributed by atoms with Crippen LogP contribution in [0.1, 0.15) is 29.7 Å². The summed E-state index contributed by atoms with van der Waals surface area (Å²) in [6, 6.07) is 11.6. The molecule has 2 amide bonds. The highest BCUT2D eigenvalue weighted by Gasteiger charge is 2.45. The van der Waals surface area contributed by atoms with Crippen LogP contribution in [0.5, 0.6) is 0 Å². The van der Waals surface area contributed by atoms with E-state index in [-0.39, 0.29) is 23.7 Å². The van der Waals surface area contributed by atoms with E-state index in [0.29, 0.717) is 16.7 Å². The van der Waals surface area contributed by atoms with Crippen LogP contribution < -0.4 is 10.6 Å². The quantitative estimate of drug-likeness (QED) is 0.582. The number of aromatic nitrogens is 1. The van der Waals surface area contributed by atoms with Crippen molar-refractivity contribution in [3.63, 3.8) is 0 Å². The predicted molar refractivity (Wildman–Crippen MR) is 114 cm³/mol. The number of amides is 2. The molecule has 2 atom stereocenters. The third kappa shape index (κ3) is 4.27. The number of carbonyl (C=O) groups excluding carboxylic acids is 2. The van der Waals surface area contributed by atoms with Crippen LogP contribution in [-0.2, 0) is 16.1 Å². The maximum Gasteiger partial charge on any atom is 0.229 e. The summed E-state index contributed by atoms with van der Waals surface area (Å²) in [6.07, 6.45) is 0.811. The lowest BCUT2D eigenvalue weighted by Crippen LogP contribution is -2.17. The highest BCUT2D eigenvalue weighted by atomic mass is 35.5. The van der Waals surface area contributed by atoms with Crippen LogP contribution >= 0.6 is 34.3 Å². The van der Waals surface area contributed by atoms with Crippen molar-refractivity contribution in [2.45, 2.75) is 25.8 Å². The minimum atomic E-state index is -0.0572. The van der Waals surface area contributed by atoms with Gasteiger partial charge in [-0.1, -0.05) is 29.8 Å². The van der Waals surface area contributed by atoms with Gasteiger partial charge in [0.15, 0.2) is 5.13 Å². The van der Waals surface area contributed by atoms with Gasteiger partial charge in [-0.05, 0) is 36.1 Å². The summed E-state index contributed by atoms with van der Waals surface area (Å²) in [7, 11) is 0. The molecule has 0 saturated heterocycles. The zero-order chi connectivity index (χ0) is 19.7. The second-order valence-corrected chi connectivity index (χ2v) is 9.11. The topological polar surface area (TPSA) is 71.1 Å². The lowest BCUT2D eigenvalue weighted by Gasteiger charge is -2.03. The van der Waals surface area contributed by atoms with Gasteiger partial charge in [0, 0.05) is 28.1 Å². The Kier molecular flexibility index (Phi) is 5.48. The standard InChI is InChI=1S/C20H18ClN3O2S2/c1-11(25)22-9-12-6-7-18(28-12)17-10-27-20(23-17)24-19(26)15-8-14(15)13-4-2-3-5-16(13)21/h2-7,10,14-15H,8-9H2,1H3,(H,22,25)(H,23,24,26). The Balaban J connectivity index is 1.37. The minimum absolute atomic E-state index is 0.0108. The largest absolute Gasteiger partial charge is 0.351 e. The summed E-state index contributed by atoms with van der Waals surface area (Å²) >= 11 is 9.23.